The number of pyridine rings is 1. The molecule has 0 aliphatic rings. The average Bonchev–Trinajstić information content (AvgIpc) is 3.55. The zero-order chi connectivity index (χ0) is 40.4. The fourth-order valence-corrected chi connectivity index (χ4v) is 7.40. The van der Waals surface area contributed by atoms with Gasteiger partial charge < -0.3 is 24.3 Å². The van der Waals surface area contributed by atoms with E-state index in [4.69, 9.17) is 0 Å². The number of benzene rings is 4. The SMILES string of the molecule is Cc1c(C#N)c(Nc2ccc(S(=O)(=O)[O-])cc2)nc(Nc2ccc(S(=O)(=O)[O-])cc2)c1N=Nc1sc(N=Nc2ccc3c(S(=O)(=O)[O-])c[c-]cc3c2)cc1C#N.[Li+].[Li+].[Li+].[Li+]. The van der Waals surface area contributed by atoms with Crippen LogP contribution in [-0.4, -0.2) is 43.9 Å². The molecule has 282 valence electrons. The molecule has 4 aromatic carbocycles. The minimum absolute atomic E-state index is 0. The Morgan fingerprint density at radius 2 is 1.25 bits per heavy atom. The smallest absolute Gasteiger partial charge is 0.754 e. The van der Waals surface area contributed by atoms with Crippen molar-refractivity contribution < 1.29 is 114 Å². The number of nitrogens with one attached hydrogen (secondary N) is 2. The van der Waals surface area contributed by atoms with E-state index in [1.807, 2.05) is 12.1 Å². The molecular formula is C34H19Li4N9O9S4. The molecule has 2 heterocycles. The average molecular weight is 854 g/mol. The van der Waals surface area contributed by atoms with E-state index in [-0.39, 0.29) is 136 Å². The number of aromatic nitrogens is 1. The minimum atomic E-state index is -4.75. The molecule has 0 spiro atoms. The number of nitrogens with zero attached hydrogens (tertiary/aromatic N) is 7. The molecule has 0 aliphatic heterocycles. The van der Waals surface area contributed by atoms with Crippen molar-refractivity contribution in [3.63, 3.8) is 0 Å². The Morgan fingerprint density at radius 3 is 1.77 bits per heavy atom. The van der Waals surface area contributed by atoms with Gasteiger partial charge in [0.05, 0.1) is 36.7 Å². The number of hydrogen-bond donors (Lipinski definition) is 2. The molecule has 60 heavy (non-hydrogen) atoms. The van der Waals surface area contributed by atoms with E-state index in [2.05, 4.69) is 42.1 Å². The van der Waals surface area contributed by atoms with Gasteiger partial charge >= 0.3 is 75.4 Å². The summed E-state index contributed by atoms with van der Waals surface area (Å²) in [5.41, 5.74) is 1.07. The van der Waals surface area contributed by atoms with Crippen molar-refractivity contribution in [2.75, 3.05) is 10.6 Å². The number of hydrogen-bond acceptors (Lipinski definition) is 19. The van der Waals surface area contributed by atoms with E-state index < -0.39 is 45.0 Å². The Kier molecular flexibility index (Phi) is 18.3. The normalized spacial score (nSPS) is 11.4. The third-order valence-electron chi connectivity index (χ3n) is 7.69. The second-order valence-corrected chi connectivity index (χ2v) is 16.5. The van der Waals surface area contributed by atoms with Crippen LogP contribution in [-0.2, 0) is 30.4 Å². The first-order valence-corrected chi connectivity index (χ1v) is 20.4. The first-order valence-electron chi connectivity index (χ1n) is 15.3. The number of azo groups is 2. The van der Waals surface area contributed by atoms with Gasteiger partial charge in [-0.1, -0.05) is 23.5 Å². The molecule has 6 aromatic rings. The zero-order valence-corrected chi connectivity index (χ0v) is 35.3. The van der Waals surface area contributed by atoms with Gasteiger partial charge in [0.25, 0.3) is 0 Å². The van der Waals surface area contributed by atoms with Crippen molar-refractivity contribution in [2.45, 2.75) is 21.6 Å². The summed E-state index contributed by atoms with van der Waals surface area (Å²) < 4.78 is 103. The maximum absolute atomic E-state index is 11.6. The van der Waals surface area contributed by atoms with Gasteiger partial charge in [-0.15, -0.1) is 26.1 Å². The van der Waals surface area contributed by atoms with Crippen molar-refractivity contribution in [1.82, 2.24) is 4.98 Å². The predicted molar refractivity (Wildman–Crippen MR) is 197 cm³/mol. The number of rotatable bonds is 11. The van der Waals surface area contributed by atoms with Gasteiger partial charge in [-0.2, -0.15) is 33.8 Å². The van der Waals surface area contributed by atoms with Crippen LogP contribution in [0.1, 0.15) is 16.7 Å². The van der Waals surface area contributed by atoms with Crippen LogP contribution < -0.4 is 86.1 Å². The maximum Gasteiger partial charge on any atom is 1.00 e. The Balaban J connectivity index is 0.00000310. The Hall–Kier alpha value is -4.11. The third kappa shape index (κ3) is 12.3. The molecule has 2 aromatic heterocycles. The van der Waals surface area contributed by atoms with Gasteiger partial charge in [0, 0.05) is 16.9 Å². The Labute approximate surface area is 395 Å². The maximum atomic E-state index is 11.6. The van der Waals surface area contributed by atoms with Gasteiger partial charge in [-0.25, -0.2) is 21.8 Å². The number of thiophene rings is 1. The summed E-state index contributed by atoms with van der Waals surface area (Å²) in [6, 6.07) is 24.4. The standard InChI is InChI=1S/C34H22N9O9S4.4Li/c1-19-28(18-36)32(37-22-5-10-25(11-6-22)54(44,45)46)39-33(38-23-7-12-26(13-8-23)55(47,48)49)31(19)42-43-34-21(17-35)16-30(53-34)41-40-24-9-14-27-20(15-24)3-2-4-29(27)56(50,51)52;;;;/h3-16H,1H3,(H2,37,38,39)(H,44,45,46)(H,47,48,49)(H,50,51,52);;;;/q-1;4*+1/p-3. The van der Waals surface area contributed by atoms with Crippen LogP contribution in [0.25, 0.3) is 10.8 Å². The quantitative estimate of drug-likeness (QED) is 0.0535. The van der Waals surface area contributed by atoms with Crippen LogP contribution in [0.5, 0.6) is 0 Å². The monoisotopic (exact) mass is 853 g/mol. The van der Waals surface area contributed by atoms with Gasteiger partial charge in [0.2, 0.25) is 0 Å². The molecule has 0 atom stereocenters. The topological polar surface area (TPSA) is 306 Å². The van der Waals surface area contributed by atoms with Crippen LogP contribution in [0.3, 0.4) is 0 Å². The number of fused-ring (bicyclic) bond motifs is 1. The van der Waals surface area contributed by atoms with Gasteiger partial charge in [0.1, 0.15) is 43.1 Å². The largest absolute Gasteiger partial charge is 1.00 e. The van der Waals surface area contributed by atoms with Gasteiger partial charge in [-0.05, 0) is 72.5 Å². The molecule has 2 N–H and O–H groups in total. The number of anilines is 4. The van der Waals surface area contributed by atoms with Crippen molar-refractivity contribution in [3.05, 3.63) is 108 Å². The molecule has 6 rings (SSSR count). The van der Waals surface area contributed by atoms with Crippen molar-refractivity contribution >= 4 is 96.9 Å². The predicted octanol–water partition coefficient (Wildman–Crippen LogP) is -4.81. The van der Waals surface area contributed by atoms with Gasteiger partial charge in [-0.3, -0.25) is 8.42 Å². The first-order chi connectivity index (χ1) is 26.4. The molecule has 0 bridgehead atoms. The molecule has 18 nitrogen and oxygen atoms in total. The minimum Gasteiger partial charge on any atom is -0.754 e. The second-order valence-electron chi connectivity index (χ2n) is 11.3. The summed E-state index contributed by atoms with van der Waals surface area (Å²) in [6.07, 6.45) is 0. The van der Waals surface area contributed by atoms with Crippen LogP contribution >= 0.6 is 11.3 Å². The van der Waals surface area contributed by atoms with E-state index in [1.54, 1.807) is 0 Å². The third-order valence-corrected chi connectivity index (χ3v) is 11.2. The fourth-order valence-electron chi connectivity index (χ4n) is 5.04. The summed E-state index contributed by atoms with van der Waals surface area (Å²) in [4.78, 5) is 3.09. The molecule has 0 amide bonds. The van der Waals surface area contributed by atoms with Crippen molar-refractivity contribution in [1.29, 1.82) is 10.5 Å². The van der Waals surface area contributed by atoms with Crippen molar-refractivity contribution in [2.24, 2.45) is 20.5 Å². The molecule has 0 aliphatic carbocycles. The molecule has 0 saturated carbocycles. The van der Waals surface area contributed by atoms with Crippen LogP contribution in [0, 0.1) is 35.7 Å². The summed E-state index contributed by atoms with van der Waals surface area (Å²) in [5.74, 6) is -0.0578. The van der Waals surface area contributed by atoms with E-state index in [0.717, 1.165) is 41.7 Å². The summed E-state index contributed by atoms with van der Waals surface area (Å²) in [6.45, 7) is 1.53. The second kappa shape index (κ2) is 21.1. The summed E-state index contributed by atoms with van der Waals surface area (Å²) >= 11 is 0.929. The van der Waals surface area contributed by atoms with E-state index >= 15 is 0 Å². The molecule has 0 unspecified atom stereocenters. The molecule has 0 fully saturated rings. The van der Waals surface area contributed by atoms with E-state index in [9.17, 15) is 49.4 Å². The molecule has 0 radical (unpaired) electrons. The van der Waals surface area contributed by atoms with Crippen LogP contribution in [0.2, 0.25) is 0 Å². The molecule has 0 saturated heterocycles. The summed E-state index contributed by atoms with van der Waals surface area (Å²) in [7, 11) is -14.2. The van der Waals surface area contributed by atoms with Gasteiger partial charge in [0.15, 0.2) is 16.6 Å². The Morgan fingerprint density at radius 1 is 0.683 bits per heavy atom. The van der Waals surface area contributed by atoms with Crippen LogP contribution in [0.4, 0.5) is 44.4 Å². The Bertz CT molecular complexity index is 3050. The first kappa shape index (κ1) is 52.0. The zero-order valence-electron chi connectivity index (χ0n) is 32.0. The fraction of sp³-hybridized carbons (Fsp3) is 0.0294. The van der Waals surface area contributed by atoms with E-state index in [1.165, 1.54) is 61.5 Å². The number of nitriles is 2. The molecule has 26 heteroatoms. The summed E-state index contributed by atoms with van der Waals surface area (Å²) in [5, 5.41) is 43.6. The molecular weight excluding hydrogens is 834 g/mol. The van der Waals surface area contributed by atoms with E-state index in [0.29, 0.717) is 11.1 Å². The van der Waals surface area contributed by atoms with Crippen LogP contribution in [0.15, 0.2) is 120 Å². The van der Waals surface area contributed by atoms with Crippen molar-refractivity contribution in [3.8, 4) is 12.1 Å².